The SMILES string of the molecule is CC(Cc1ccc(F)cc1)N[C@@H](C)c1cccc(Br)c1. The summed E-state index contributed by atoms with van der Waals surface area (Å²) in [5.74, 6) is -0.183. The highest BCUT2D eigenvalue weighted by Crippen LogP contribution is 2.18. The third kappa shape index (κ3) is 4.43. The molecule has 0 saturated carbocycles. The molecule has 2 atom stereocenters. The Morgan fingerprint density at radius 1 is 1.10 bits per heavy atom. The van der Waals surface area contributed by atoms with E-state index in [0.717, 1.165) is 16.5 Å². The molecule has 2 rings (SSSR count). The Kier molecular flexibility index (Phi) is 5.32. The van der Waals surface area contributed by atoms with Crippen molar-refractivity contribution in [2.24, 2.45) is 0 Å². The minimum atomic E-state index is -0.183. The maximum absolute atomic E-state index is 12.9. The molecule has 0 heterocycles. The van der Waals surface area contributed by atoms with Crippen LogP contribution in [0.1, 0.15) is 31.0 Å². The average Bonchev–Trinajstić information content (AvgIpc) is 2.41. The molecule has 1 unspecified atom stereocenters. The first-order valence-corrected chi connectivity index (χ1v) is 7.60. The molecule has 20 heavy (non-hydrogen) atoms. The van der Waals surface area contributed by atoms with Crippen LogP contribution in [0, 0.1) is 5.82 Å². The van der Waals surface area contributed by atoms with Gasteiger partial charge in [0.05, 0.1) is 0 Å². The largest absolute Gasteiger partial charge is 0.307 e. The summed E-state index contributed by atoms with van der Waals surface area (Å²) in [5, 5.41) is 3.57. The summed E-state index contributed by atoms with van der Waals surface area (Å²) in [6.07, 6.45) is 0.888. The van der Waals surface area contributed by atoms with Gasteiger partial charge in [0, 0.05) is 16.6 Å². The monoisotopic (exact) mass is 335 g/mol. The number of nitrogens with one attached hydrogen (secondary N) is 1. The van der Waals surface area contributed by atoms with Crippen LogP contribution in [-0.4, -0.2) is 6.04 Å². The van der Waals surface area contributed by atoms with Gasteiger partial charge in [-0.25, -0.2) is 4.39 Å². The maximum Gasteiger partial charge on any atom is 0.123 e. The van der Waals surface area contributed by atoms with Crippen LogP contribution >= 0.6 is 15.9 Å². The zero-order valence-corrected chi connectivity index (χ0v) is 13.3. The van der Waals surface area contributed by atoms with Crippen LogP contribution in [0.2, 0.25) is 0 Å². The fourth-order valence-corrected chi connectivity index (χ4v) is 2.75. The van der Waals surface area contributed by atoms with Crippen LogP contribution < -0.4 is 5.32 Å². The first kappa shape index (κ1) is 15.2. The second kappa shape index (κ2) is 7.00. The number of hydrogen-bond acceptors (Lipinski definition) is 1. The highest BCUT2D eigenvalue weighted by Gasteiger charge is 2.10. The van der Waals surface area contributed by atoms with Crippen LogP contribution in [0.3, 0.4) is 0 Å². The molecule has 1 nitrogen and oxygen atoms in total. The zero-order valence-electron chi connectivity index (χ0n) is 11.7. The molecule has 0 fully saturated rings. The minimum Gasteiger partial charge on any atom is -0.307 e. The van der Waals surface area contributed by atoms with E-state index < -0.39 is 0 Å². The van der Waals surface area contributed by atoms with Gasteiger partial charge in [0.15, 0.2) is 0 Å². The zero-order chi connectivity index (χ0) is 14.5. The van der Waals surface area contributed by atoms with Crippen molar-refractivity contribution in [2.45, 2.75) is 32.4 Å². The molecule has 106 valence electrons. The molecule has 1 N–H and O–H groups in total. The Balaban J connectivity index is 1.93. The molecule has 0 aliphatic rings. The van der Waals surface area contributed by atoms with Gasteiger partial charge >= 0.3 is 0 Å². The normalized spacial score (nSPS) is 14.0. The van der Waals surface area contributed by atoms with Crippen LogP contribution in [-0.2, 0) is 6.42 Å². The smallest absolute Gasteiger partial charge is 0.123 e. The van der Waals surface area contributed by atoms with Gasteiger partial charge in [0.25, 0.3) is 0 Å². The maximum atomic E-state index is 12.9. The van der Waals surface area contributed by atoms with Gasteiger partial charge in [-0.05, 0) is 55.7 Å². The quantitative estimate of drug-likeness (QED) is 0.821. The Morgan fingerprint density at radius 2 is 1.80 bits per heavy atom. The van der Waals surface area contributed by atoms with Crippen molar-refractivity contribution in [1.82, 2.24) is 5.32 Å². The van der Waals surface area contributed by atoms with E-state index in [1.54, 1.807) is 0 Å². The van der Waals surface area contributed by atoms with Crippen molar-refractivity contribution in [2.75, 3.05) is 0 Å². The Morgan fingerprint density at radius 3 is 2.45 bits per heavy atom. The van der Waals surface area contributed by atoms with Crippen LogP contribution in [0.5, 0.6) is 0 Å². The number of halogens is 2. The summed E-state index contributed by atoms with van der Waals surface area (Å²) in [6, 6.07) is 15.6. The Hall–Kier alpha value is -1.19. The van der Waals surface area contributed by atoms with Gasteiger partial charge in [-0.3, -0.25) is 0 Å². The second-order valence-electron chi connectivity index (χ2n) is 5.17. The Bertz CT molecular complexity index is 553. The lowest BCUT2D eigenvalue weighted by Gasteiger charge is -2.20. The van der Waals surface area contributed by atoms with Crippen molar-refractivity contribution < 1.29 is 4.39 Å². The fourth-order valence-electron chi connectivity index (χ4n) is 2.33. The molecule has 2 aromatic rings. The predicted octanol–water partition coefficient (Wildman–Crippen LogP) is 4.87. The van der Waals surface area contributed by atoms with E-state index in [1.807, 2.05) is 24.3 Å². The highest BCUT2D eigenvalue weighted by atomic mass is 79.9. The highest BCUT2D eigenvalue weighted by molar-refractivity contribution is 9.10. The standard InChI is InChI=1S/C17H19BrFN/c1-12(10-14-6-8-17(19)9-7-14)20-13(2)15-4-3-5-16(18)11-15/h3-9,11-13,20H,10H2,1-2H3/t12?,13-/m0/s1. The summed E-state index contributed by atoms with van der Waals surface area (Å²) in [7, 11) is 0. The summed E-state index contributed by atoms with van der Waals surface area (Å²) < 4.78 is 14.0. The summed E-state index contributed by atoms with van der Waals surface area (Å²) >= 11 is 3.49. The van der Waals surface area contributed by atoms with Crippen molar-refractivity contribution >= 4 is 15.9 Å². The van der Waals surface area contributed by atoms with E-state index in [1.165, 1.54) is 17.7 Å². The molecule has 0 aliphatic heterocycles. The second-order valence-corrected chi connectivity index (χ2v) is 6.09. The lowest BCUT2D eigenvalue weighted by Crippen LogP contribution is -2.30. The van der Waals surface area contributed by atoms with E-state index in [-0.39, 0.29) is 11.9 Å². The molecule has 3 heteroatoms. The third-order valence-electron chi connectivity index (χ3n) is 3.34. The average molecular weight is 336 g/mol. The van der Waals surface area contributed by atoms with E-state index in [0.29, 0.717) is 6.04 Å². The van der Waals surface area contributed by atoms with Gasteiger partial charge in [-0.2, -0.15) is 0 Å². The van der Waals surface area contributed by atoms with Gasteiger partial charge in [0.2, 0.25) is 0 Å². The lowest BCUT2D eigenvalue weighted by atomic mass is 10.0. The summed E-state index contributed by atoms with van der Waals surface area (Å²) in [6.45, 7) is 4.31. The van der Waals surface area contributed by atoms with E-state index in [9.17, 15) is 4.39 Å². The van der Waals surface area contributed by atoms with E-state index in [2.05, 4.69) is 47.2 Å². The number of hydrogen-bond donors (Lipinski definition) is 1. The topological polar surface area (TPSA) is 12.0 Å². The predicted molar refractivity (Wildman–Crippen MR) is 85.3 cm³/mol. The molecule has 0 saturated heterocycles. The first-order chi connectivity index (χ1) is 9.54. The lowest BCUT2D eigenvalue weighted by molar-refractivity contribution is 0.477. The molecule has 0 radical (unpaired) electrons. The van der Waals surface area contributed by atoms with Crippen LogP contribution in [0.25, 0.3) is 0 Å². The van der Waals surface area contributed by atoms with Gasteiger partial charge < -0.3 is 5.32 Å². The van der Waals surface area contributed by atoms with Gasteiger partial charge in [0.1, 0.15) is 5.82 Å². The van der Waals surface area contributed by atoms with Crippen LogP contribution in [0.4, 0.5) is 4.39 Å². The van der Waals surface area contributed by atoms with Crippen molar-refractivity contribution in [3.8, 4) is 0 Å². The molecule has 0 aromatic heterocycles. The van der Waals surface area contributed by atoms with Gasteiger partial charge in [-0.15, -0.1) is 0 Å². The Labute approximate surface area is 128 Å². The third-order valence-corrected chi connectivity index (χ3v) is 3.83. The molecular weight excluding hydrogens is 317 g/mol. The summed E-state index contributed by atoms with van der Waals surface area (Å²) in [4.78, 5) is 0. The molecule has 0 amide bonds. The molecule has 0 spiro atoms. The molecule has 0 aliphatic carbocycles. The summed E-state index contributed by atoms with van der Waals surface area (Å²) in [5.41, 5.74) is 2.40. The van der Waals surface area contributed by atoms with E-state index >= 15 is 0 Å². The molecule has 0 bridgehead atoms. The molecular formula is C17H19BrFN. The van der Waals surface area contributed by atoms with Gasteiger partial charge in [-0.1, -0.05) is 40.2 Å². The number of rotatable bonds is 5. The van der Waals surface area contributed by atoms with E-state index in [4.69, 9.17) is 0 Å². The van der Waals surface area contributed by atoms with Crippen molar-refractivity contribution in [1.29, 1.82) is 0 Å². The minimum absolute atomic E-state index is 0.183. The van der Waals surface area contributed by atoms with Crippen molar-refractivity contribution in [3.63, 3.8) is 0 Å². The molecule has 2 aromatic carbocycles. The number of benzene rings is 2. The van der Waals surface area contributed by atoms with Crippen molar-refractivity contribution in [3.05, 3.63) is 69.9 Å². The van der Waals surface area contributed by atoms with Crippen LogP contribution in [0.15, 0.2) is 53.0 Å². The first-order valence-electron chi connectivity index (χ1n) is 6.80. The fraction of sp³-hybridized carbons (Fsp3) is 0.294.